The minimum atomic E-state index is -1.26. The number of piperidine rings is 4. The van der Waals surface area contributed by atoms with Crippen LogP contribution in [0.2, 0.25) is 0 Å². The summed E-state index contributed by atoms with van der Waals surface area (Å²) in [6.07, 6.45) is 9.12. The lowest BCUT2D eigenvalue weighted by atomic mass is 9.70. The van der Waals surface area contributed by atoms with Crippen LogP contribution in [0.15, 0.2) is 24.5 Å². The molecule has 0 spiro atoms. The van der Waals surface area contributed by atoms with E-state index in [1.807, 2.05) is 4.90 Å². The second kappa shape index (κ2) is 7.20. The number of imide groups is 1. The van der Waals surface area contributed by atoms with Crippen LogP contribution in [0.3, 0.4) is 0 Å². The fourth-order valence-corrected chi connectivity index (χ4v) is 5.75. The molecule has 7 nitrogen and oxygen atoms in total. The van der Waals surface area contributed by atoms with Gasteiger partial charge in [0.1, 0.15) is 0 Å². The number of amides is 3. The van der Waals surface area contributed by atoms with Crippen molar-refractivity contribution in [2.24, 2.45) is 11.8 Å². The number of carbonyl (C=O) groups is 3. The van der Waals surface area contributed by atoms with Crippen LogP contribution in [0.4, 0.5) is 5.69 Å². The van der Waals surface area contributed by atoms with E-state index in [9.17, 15) is 14.4 Å². The zero-order valence-corrected chi connectivity index (χ0v) is 16.8. The number of aromatic nitrogens is 1. The Kier molecular flexibility index (Phi) is 4.65. The highest BCUT2D eigenvalue weighted by Gasteiger charge is 2.59. The van der Waals surface area contributed by atoms with Gasteiger partial charge in [-0.15, -0.1) is 0 Å². The fourth-order valence-electron chi connectivity index (χ4n) is 5.75. The van der Waals surface area contributed by atoms with Crippen LogP contribution in [0.1, 0.15) is 44.9 Å². The number of rotatable bonds is 3. The minimum Gasteiger partial charge on any atom is -0.340 e. The van der Waals surface area contributed by atoms with E-state index in [0.29, 0.717) is 17.5 Å². The molecule has 154 valence electrons. The number of anilines is 1. The van der Waals surface area contributed by atoms with Crippen molar-refractivity contribution in [1.82, 2.24) is 14.8 Å². The third kappa shape index (κ3) is 2.98. The SMILES string of the molecule is O=C1CCC(C(=O)N2CC3CC(C3)C2)(N2CCCCC2)C(=O)N1c1cccnc1. The monoisotopic (exact) mass is 396 g/mol. The van der Waals surface area contributed by atoms with Crippen molar-refractivity contribution in [3.05, 3.63) is 24.5 Å². The molecule has 0 N–H and O–H groups in total. The first-order valence-corrected chi connectivity index (χ1v) is 10.9. The number of hydrogen-bond acceptors (Lipinski definition) is 5. The Bertz CT molecular complexity index is 807. The molecule has 5 aliphatic rings. The van der Waals surface area contributed by atoms with E-state index in [-0.39, 0.29) is 30.6 Å². The molecule has 1 atom stereocenters. The summed E-state index contributed by atoms with van der Waals surface area (Å²) in [5.74, 6) is 0.440. The largest absolute Gasteiger partial charge is 0.340 e. The van der Waals surface area contributed by atoms with Gasteiger partial charge in [-0.1, -0.05) is 6.42 Å². The molecule has 5 heterocycles. The molecule has 4 saturated heterocycles. The van der Waals surface area contributed by atoms with Gasteiger partial charge in [0.15, 0.2) is 5.54 Å². The van der Waals surface area contributed by atoms with Crippen molar-refractivity contribution >= 4 is 23.4 Å². The fraction of sp³-hybridized carbons (Fsp3) is 0.636. The Balaban J connectivity index is 1.53. The Labute approximate surface area is 171 Å². The van der Waals surface area contributed by atoms with Gasteiger partial charge in [0, 0.05) is 25.7 Å². The molecule has 1 saturated carbocycles. The molecular weight excluding hydrogens is 368 g/mol. The summed E-state index contributed by atoms with van der Waals surface area (Å²) in [5, 5.41) is 0. The predicted octanol–water partition coefficient (Wildman–Crippen LogP) is 1.83. The number of carbonyl (C=O) groups excluding carboxylic acids is 3. The third-order valence-corrected chi connectivity index (χ3v) is 7.24. The molecule has 1 unspecified atom stereocenters. The molecule has 2 bridgehead atoms. The molecular formula is C22H28N4O3. The van der Waals surface area contributed by atoms with Gasteiger partial charge < -0.3 is 4.90 Å². The maximum Gasteiger partial charge on any atom is 0.264 e. The van der Waals surface area contributed by atoms with Crippen LogP contribution >= 0.6 is 0 Å². The molecule has 29 heavy (non-hydrogen) atoms. The summed E-state index contributed by atoms with van der Waals surface area (Å²) in [6.45, 7) is 2.96. The molecule has 0 aromatic carbocycles. The Hall–Kier alpha value is -2.28. The van der Waals surface area contributed by atoms with Gasteiger partial charge in [0.2, 0.25) is 5.91 Å². The lowest BCUT2D eigenvalue weighted by molar-refractivity contribution is -0.161. The van der Waals surface area contributed by atoms with E-state index < -0.39 is 5.54 Å². The first-order chi connectivity index (χ1) is 14.1. The topological polar surface area (TPSA) is 73.8 Å². The highest BCUT2D eigenvalue weighted by atomic mass is 16.2. The van der Waals surface area contributed by atoms with E-state index >= 15 is 0 Å². The molecule has 5 fully saturated rings. The number of likely N-dealkylation sites (tertiary alicyclic amines) is 1. The average Bonchev–Trinajstić information content (AvgIpc) is 2.75. The van der Waals surface area contributed by atoms with Crippen molar-refractivity contribution < 1.29 is 14.4 Å². The second-order valence-electron chi connectivity index (χ2n) is 9.07. The summed E-state index contributed by atoms with van der Waals surface area (Å²) in [7, 11) is 0. The van der Waals surface area contributed by atoms with Crippen molar-refractivity contribution in [3.63, 3.8) is 0 Å². The van der Waals surface area contributed by atoms with Crippen LogP contribution in [0.25, 0.3) is 0 Å². The molecule has 3 amide bonds. The van der Waals surface area contributed by atoms with Gasteiger partial charge in [-0.3, -0.25) is 24.3 Å². The van der Waals surface area contributed by atoms with Gasteiger partial charge in [-0.25, -0.2) is 4.90 Å². The Morgan fingerprint density at radius 1 is 1.07 bits per heavy atom. The summed E-state index contributed by atoms with van der Waals surface area (Å²) < 4.78 is 0. The van der Waals surface area contributed by atoms with Gasteiger partial charge in [-0.2, -0.15) is 0 Å². The van der Waals surface area contributed by atoms with E-state index in [4.69, 9.17) is 0 Å². The van der Waals surface area contributed by atoms with Gasteiger partial charge in [0.05, 0.1) is 11.9 Å². The van der Waals surface area contributed by atoms with E-state index in [1.165, 1.54) is 23.9 Å². The molecule has 6 rings (SSSR count). The van der Waals surface area contributed by atoms with Crippen molar-refractivity contribution in [2.75, 3.05) is 31.1 Å². The first kappa shape index (κ1) is 18.7. The minimum absolute atomic E-state index is 0.0832. The van der Waals surface area contributed by atoms with Crippen LogP contribution in [0, 0.1) is 11.8 Å². The van der Waals surface area contributed by atoms with Crippen LogP contribution in [0.5, 0.6) is 0 Å². The van der Waals surface area contributed by atoms with Crippen LogP contribution in [-0.4, -0.2) is 64.2 Å². The van der Waals surface area contributed by atoms with E-state index in [2.05, 4.69) is 9.88 Å². The standard InChI is InChI=1S/C22H28N4O3/c27-19-6-7-22(25-9-2-1-3-10-25,20(28)24-14-16-11-17(12-16)15-24)21(29)26(19)18-5-4-8-23-13-18/h4-5,8,13,16-17H,1-3,6-7,9-12,14-15H2. The summed E-state index contributed by atoms with van der Waals surface area (Å²) in [6, 6.07) is 3.43. The molecule has 4 aliphatic heterocycles. The Morgan fingerprint density at radius 2 is 1.79 bits per heavy atom. The summed E-state index contributed by atoms with van der Waals surface area (Å²) in [5.41, 5.74) is -0.800. The molecule has 1 aliphatic carbocycles. The van der Waals surface area contributed by atoms with Crippen molar-refractivity contribution in [3.8, 4) is 0 Å². The maximum atomic E-state index is 13.9. The number of hydrogen-bond donors (Lipinski definition) is 0. The molecule has 1 aromatic rings. The van der Waals surface area contributed by atoms with Crippen LogP contribution in [-0.2, 0) is 14.4 Å². The maximum absolute atomic E-state index is 13.9. The highest BCUT2D eigenvalue weighted by Crippen LogP contribution is 2.42. The molecule has 7 heteroatoms. The van der Waals surface area contributed by atoms with E-state index in [0.717, 1.165) is 45.4 Å². The molecule has 1 aromatic heterocycles. The second-order valence-corrected chi connectivity index (χ2v) is 9.07. The number of pyridine rings is 1. The normalized spacial score (nSPS) is 32.8. The quantitative estimate of drug-likeness (QED) is 0.576. The predicted molar refractivity (Wildman–Crippen MR) is 107 cm³/mol. The molecule has 0 radical (unpaired) electrons. The van der Waals surface area contributed by atoms with Gasteiger partial charge in [-0.05, 0) is 69.2 Å². The zero-order chi connectivity index (χ0) is 20.0. The third-order valence-electron chi connectivity index (χ3n) is 7.24. The summed E-state index contributed by atoms with van der Waals surface area (Å²) in [4.78, 5) is 49.9. The highest BCUT2D eigenvalue weighted by molar-refractivity contribution is 6.27. The smallest absolute Gasteiger partial charge is 0.264 e. The van der Waals surface area contributed by atoms with Gasteiger partial charge in [0.25, 0.3) is 11.8 Å². The zero-order valence-electron chi connectivity index (χ0n) is 16.8. The van der Waals surface area contributed by atoms with E-state index in [1.54, 1.807) is 18.3 Å². The van der Waals surface area contributed by atoms with Crippen molar-refractivity contribution in [2.45, 2.75) is 50.5 Å². The lowest BCUT2D eigenvalue weighted by Crippen LogP contribution is -2.72. The lowest BCUT2D eigenvalue weighted by Gasteiger charge is -2.53. The van der Waals surface area contributed by atoms with Gasteiger partial charge >= 0.3 is 0 Å². The van der Waals surface area contributed by atoms with Crippen LogP contribution < -0.4 is 4.90 Å². The number of fused-ring (bicyclic) bond motifs is 2. The average molecular weight is 396 g/mol. The first-order valence-electron chi connectivity index (χ1n) is 10.9. The number of nitrogens with zero attached hydrogens (tertiary/aromatic N) is 4. The van der Waals surface area contributed by atoms with Crippen molar-refractivity contribution in [1.29, 1.82) is 0 Å². The summed E-state index contributed by atoms with van der Waals surface area (Å²) >= 11 is 0. The Morgan fingerprint density at radius 3 is 2.45 bits per heavy atom.